The highest BCUT2D eigenvalue weighted by molar-refractivity contribution is 7.89. The summed E-state index contributed by atoms with van der Waals surface area (Å²) in [7, 11) is -2.15. The number of carbonyl (C=O) groups excluding carboxylic acids is 2. The monoisotopic (exact) mass is 507 g/mol. The highest BCUT2D eigenvalue weighted by Crippen LogP contribution is 2.33. The van der Waals surface area contributed by atoms with Crippen molar-refractivity contribution in [2.45, 2.75) is 30.3 Å². The summed E-state index contributed by atoms with van der Waals surface area (Å²) in [4.78, 5) is 27.8. The minimum atomic E-state index is -3.51. The minimum Gasteiger partial charge on any atom is -0.477 e. The van der Waals surface area contributed by atoms with Gasteiger partial charge in [0.15, 0.2) is 6.10 Å². The van der Waals surface area contributed by atoms with Crippen LogP contribution < -0.4 is 19.7 Å². The molecule has 1 atom stereocenters. The number of amides is 2. The Morgan fingerprint density at radius 3 is 2.31 bits per heavy atom. The van der Waals surface area contributed by atoms with E-state index in [1.54, 1.807) is 35.2 Å². The van der Waals surface area contributed by atoms with Crippen molar-refractivity contribution < 1.29 is 22.7 Å². The molecular weight excluding hydrogens is 478 g/mol. The lowest BCUT2D eigenvalue weighted by Crippen LogP contribution is -2.51. The minimum absolute atomic E-state index is 0.117. The molecule has 0 spiro atoms. The van der Waals surface area contributed by atoms with Gasteiger partial charge < -0.3 is 15.0 Å². The van der Waals surface area contributed by atoms with Crippen LogP contribution in [0.4, 0.5) is 5.69 Å². The second-order valence-corrected chi connectivity index (χ2v) is 10.3. The number of aryl methyl sites for hydroxylation is 1. The zero-order chi connectivity index (χ0) is 25.5. The summed E-state index contributed by atoms with van der Waals surface area (Å²) in [6, 6.07) is 23.5. The van der Waals surface area contributed by atoms with Crippen LogP contribution in [0.15, 0.2) is 83.8 Å². The summed E-state index contributed by atoms with van der Waals surface area (Å²) in [5, 5.41) is 2.92. The van der Waals surface area contributed by atoms with E-state index in [2.05, 4.69) is 10.0 Å². The normalized spacial score (nSPS) is 15.0. The summed E-state index contributed by atoms with van der Waals surface area (Å²) in [5.74, 6) is 0.0845. The third-order valence-electron chi connectivity index (χ3n) is 6.05. The molecule has 36 heavy (non-hydrogen) atoms. The molecule has 0 fully saturated rings. The molecule has 1 aliphatic rings. The third kappa shape index (κ3) is 6.10. The molecule has 0 radical (unpaired) electrons. The van der Waals surface area contributed by atoms with Gasteiger partial charge in [0, 0.05) is 13.0 Å². The first-order valence-corrected chi connectivity index (χ1v) is 13.3. The molecule has 1 aliphatic heterocycles. The van der Waals surface area contributed by atoms with Crippen molar-refractivity contribution in [3.8, 4) is 5.75 Å². The average Bonchev–Trinajstić information content (AvgIpc) is 2.91. The summed E-state index contributed by atoms with van der Waals surface area (Å²) in [5.41, 5.74) is 2.60. The number of nitrogens with zero attached hydrogens (tertiary/aromatic N) is 1. The van der Waals surface area contributed by atoms with Gasteiger partial charge in [-0.05, 0) is 55.3 Å². The fourth-order valence-electron chi connectivity index (χ4n) is 4.04. The van der Waals surface area contributed by atoms with E-state index >= 15 is 0 Å². The lowest BCUT2D eigenvalue weighted by Gasteiger charge is -2.34. The number of fused-ring (bicyclic) bond motifs is 1. The van der Waals surface area contributed by atoms with Gasteiger partial charge in [0.05, 0.1) is 17.1 Å². The fourth-order valence-corrected chi connectivity index (χ4v) is 4.77. The number of para-hydroxylation sites is 2. The van der Waals surface area contributed by atoms with Gasteiger partial charge >= 0.3 is 0 Å². The molecule has 9 heteroatoms. The SMILES string of the molecule is CNS(=O)(=O)c1ccc(CCC(=O)N2CC(C(=O)NCCc3ccccc3)Oc3ccccc32)cc1. The first kappa shape index (κ1) is 25.4. The molecule has 2 N–H and O–H groups in total. The number of ether oxygens (including phenoxy) is 1. The Hall–Kier alpha value is -3.69. The summed E-state index contributed by atoms with van der Waals surface area (Å²) < 4.78 is 32.0. The van der Waals surface area contributed by atoms with Gasteiger partial charge in [-0.3, -0.25) is 9.59 Å². The van der Waals surface area contributed by atoms with Crippen LogP contribution in [-0.4, -0.2) is 46.5 Å². The van der Waals surface area contributed by atoms with Crippen molar-refractivity contribution in [3.63, 3.8) is 0 Å². The smallest absolute Gasteiger partial charge is 0.262 e. The van der Waals surface area contributed by atoms with Crippen LogP contribution in [0.1, 0.15) is 17.5 Å². The van der Waals surface area contributed by atoms with Gasteiger partial charge in [-0.25, -0.2) is 13.1 Å². The topological polar surface area (TPSA) is 105 Å². The van der Waals surface area contributed by atoms with Gasteiger partial charge in [-0.15, -0.1) is 0 Å². The first-order chi connectivity index (χ1) is 17.4. The number of hydrogen-bond donors (Lipinski definition) is 2. The number of benzene rings is 3. The number of carbonyl (C=O) groups is 2. The quantitative estimate of drug-likeness (QED) is 0.463. The van der Waals surface area contributed by atoms with Crippen LogP contribution in [0.3, 0.4) is 0 Å². The average molecular weight is 508 g/mol. The number of hydrogen-bond acceptors (Lipinski definition) is 5. The lowest BCUT2D eigenvalue weighted by atomic mass is 10.1. The van der Waals surface area contributed by atoms with E-state index in [1.165, 1.54) is 19.2 Å². The molecule has 1 unspecified atom stereocenters. The molecule has 0 aromatic heterocycles. The second-order valence-electron chi connectivity index (χ2n) is 8.46. The zero-order valence-corrected chi connectivity index (χ0v) is 20.8. The van der Waals surface area contributed by atoms with Gasteiger partial charge in [0.2, 0.25) is 15.9 Å². The maximum Gasteiger partial charge on any atom is 0.262 e. The maximum atomic E-state index is 13.2. The van der Waals surface area contributed by atoms with Crippen LogP contribution in [0.5, 0.6) is 5.75 Å². The van der Waals surface area contributed by atoms with Crippen LogP contribution in [0, 0.1) is 0 Å². The Balaban J connectivity index is 1.39. The molecular formula is C27H29N3O5S. The summed E-state index contributed by atoms with van der Waals surface area (Å²) in [6.45, 7) is 0.587. The van der Waals surface area contributed by atoms with Crippen molar-refractivity contribution in [1.29, 1.82) is 0 Å². The molecule has 0 aliphatic carbocycles. The molecule has 188 valence electrons. The van der Waals surface area contributed by atoms with Crippen LogP contribution >= 0.6 is 0 Å². The standard InChI is InChI=1S/C27H29N3O5S/c1-28-36(33,34)22-14-11-21(12-15-22)13-16-26(31)30-19-25(35-24-10-6-5-9-23(24)30)27(32)29-18-17-20-7-3-2-4-8-20/h2-12,14-15,25,28H,13,16-19H2,1H3,(H,29,32). The van der Waals surface area contributed by atoms with E-state index in [-0.39, 0.29) is 29.7 Å². The molecule has 0 saturated heterocycles. The van der Waals surface area contributed by atoms with E-state index in [0.717, 1.165) is 11.1 Å². The van der Waals surface area contributed by atoms with Crippen molar-refractivity contribution >= 4 is 27.5 Å². The molecule has 4 rings (SSSR count). The predicted octanol–water partition coefficient (Wildman–Crippen LogP) is 2.68. The fraction of sp³-hybridized carbons (Fsp3) is 0.259. The molecule has 3 aromatic rings. The highest BCUT2D eigenvalue weighted by Gasteiger charge is 2.33. The number of rotatable bonds is 9. The second kappa shape index (κ2) is 11.4. The third-order valence-corrected chi connectivity index (χ3v) is 7.48. The van der Waals surface area contributed by atoms with E-state index in [0.29, 0.717) is 30.8 Å². The van der Waals surface area contributed by atoms with E-state index in [4.69, 9.17) is 4.74 Å². The van der Waals surface area contributed by atoms with E-state index in [1.807, 2.05) is 36.4 Å². The van der Waals surface area contributed by atoms with Crippen molar-refractivity contribution in [1.82, 2.24) is 10.0 Å². The van der Waals surface area contributed by atoms with Crippen molar-refractivity contribution in [3.05, 3.63) is 90.0 Å². The van der Waals surface area contributed by atoms with Gasteiger partial charge in [0.25, 0.3) is 5.91 Å². The summed E-state index contributed by atoms with van der Waals surface area (Å²) in [6.07, 6.45) is 0.527. The Kier molecular flexibility index (Phi) is 8.02. The van der Waals surface area contributed by atoms with E-state index in [9.17, 15) is 18.0 Å². The zero-order valence-electron chi connectivity index (χ0n) is 20.0. The molecule has 0 bridgehead atoms. The Morgan fingerprint density at radius 1 is 0.917 bits per heavy atom. The molecule has 3 aromatic carbocycles. The van der Waals surface area contributed by atoms with Gasteiger partial charge in [-0.1, -0.05) is 54.6 Å². The van der Waals surface area contributed by atoms with Crippen LogP contribution in [0.25, 0.3) is 0 Å². The lowest BCUT2D eigenvalue weighted by molar-refractivity contribution is -0.128. The number of anilines is 1. The van der Waals surface area contributed by atoms with E-state index < -0.39 is 16.1 Å². The highest BCUT2D eigenvalue weighted by atomic mass is 32.2. The Labute approximate surface area is 211 Å². The van der Waals surface area contributed by atoms with Crippen molar-refractivity contribution in [2.75, 3.05) is 25.0 Å². The number of nitrogens with one attached hydrogen (secondary N) is 2. The van der Waals surface area contributed by atoms with Crippen LogP contribution in [-0.2, 0) is 32.5 Å². The predicted molar refractivity (Wildman–Crippen MR) is 137 cm³/mol. The molecule has 2 amide bonds. The molecule has 1 heterocycles. The van der Waals surface area contributed by atoms with Crippen LogP contribution in [0.2, 0.25) is 0 Å². The summed E-state index contributed by atoms with van der Waals surface area (Å²) >= 11 is 0. The van der Waals surface area contributed by atoms with Gasteiger partial charge in [0.1, 0.15) is 5.75 Å². The van der Waals surface area contributed by atoms with Crippen molar-refractivity contribution in [2.24, 2.45) is 0 Å². The molecule has 8 nitrogen and oxygen atoms in total. The maximum absolute atomic E-state index is 13.2. The first-order valence-electron chi connectivity index (χ1n) is 11.8. The number of sulfonamides is 1. The largest absolute Gasteiger partial charge is 0.477 e. The Bertz CT molecular complexity index is 1310. The Morgan fingerprint density at radius 2 is 1.58 bits per heavy atom. The van der Waals surface area contributed by atoms with Gasteiger partial charge in [-0.2, -0.15) is 0 Å². The molecule has 0 saturated carbocycles.